The number of aryl methyl sites for hydroxylation is 2. The monoisotopic (exact) mass is 309 g/mol. The molecule has 3 atom stereocenters. The minimum Gasteiger partial charge on any atom is -0.307 e. The number of nitrogens with one attached hydrogen (secondary N) is 1. The summed E-state index contributed by atoms with van der Waals surface area (Å²) in [4.78, 5) is 8.50. The van der Waals surface area contributed by atoms with E-state index >= 15 is 0 Å². The quantitative estimate of drug-likeness (QED) is 0.893. The Morgan fingerprint density at radius 3 is 2.67 bits per heavy atom. The molecule has 0 spiro atoms. The fraction of sp³-hybridized carbons (Fsp3) is 0.824. The summed E-state index contributed by atoms with van der Waals surface area (Å²) >= 11 is 1.80. The minimum absolute atomic E-state index is 0.310. The van der Waals surface area contributed by atoms with Gasteiger partial charge in [-0.25, -0.2) is 4.98 Å². The third-order valence-electron chi connectivity index (χ3n) is 5.10. The van der Waals surface area contributed by atoms with Gasteiger partial charge in [-0.05, 0) is 53.6 Å². The Morgan fingerprint density at radius 1 is 1.43 bits per heavy atom. The summed E-state index contributed by atoms with van der Waals surface area (Å²) < 4.78 is 0. The van der Waals surface area contributed by atoms with Crippen LogP contribution in [-0.4, -0.2) is 36.1 Å². The van der Waals surface area contributed by atoms with Crippen molar-refractivity contribution in [2.45, 2.75) is 65.0 Å². The van der Waals surface area contributed by atoms with Crippen molar-refractivity contribution in [3.8, 4) is 0 Å². The summed E-state index contributed by atoms with van der Waals surface area (Å²) in [5, 5.41) is 4.94. The van der Waals surface area contributed by atoms with Gasteiger partial charge in [-0.15, -0.1) is 11.3 Å². The summed E-state index contributed by atoms with van der Waals surface area (Å²) in [6.07, 6.45) is 5.34. The number of thiazole rings is 1. The number of rotatable bonds is 5. The molecule has 21 heavy (non-hydrogen) atoms. The first kappa shape index (κ1) is 16.9. The maximum atomic E-state index is 4.70. The van der Waals surface area contributed by atoms with Gasteiger partial charge in [0.25, 0.3) is 0 Å². The molecule has 0 saturated heterocycles. The lowest BCUT2D eigenvalue weighted by Gasteiger charge is -2.46. The molecule has 1 aromatic rings. The first-order valence-corrected chi connectivity index (χ1v) is 9.00. The molecule has 1 fully saturated rings. The Morgan fingerprint density at radius 2 is 2.14 bits per heavy atom. The van der Waals surface area contributed by atoms with Gasteiger partial charge in [0, 0.05) is 23.0 Å². The van der Waals surface area contributed by atoms with E-state index in [1.165, 1.54) is 41.3 Å². The molecule has 1 heterocycles. The van der Waals surface area contributed by atoms with Gasteiger partial charge < -0.3 is 10.2 Å². The van der Waals surface area contributed by atoms with E-state index in [2.05, 4.69) is 52.0 Å². The molecule has 1 saturated carbocycles. The highest BCUT2D eigenvalue weighted by atomic mass is 32.1. The van der Waals surface area contributed by atoms with E-state index in [9.17, 15) is 0 Å². The average molecular weight is 310 g/mol. The molecule has 4 heteroatoms. The van der Waals surface area contributed by atoms with Crippen LogP contribution in [0.1, 0.15) is 61.2 Å². The van der Waals surface area contributed by atoms with E-state index in [4.69, 9.17) is 4.98 Å². The number of aromatic nitrogens is 1. The molecule has 3 unspecified atom stereocenters. The Bertz CT molecular complexity index is 469. The maximum absolute atomic E-state index is 4.70. The highest BCUT2D eigenvalue weighted by Gasteiger charge is 2.37. The normalized spacial score (nSPS) is 28.0. The van der Waals surface area contributed by atoms with Gasteiger partial charge in [-0.1, -0.05) is 19.8 Å². The van der Waals surface area contributed by atoms with Crippen molar-refractivity contribution in [1.29, 1.82) is 0 Å². The summed E-state index contributed by atoms with van der Waals surface area (Å²) in [7, 11) is 4.48. The van der Waals surface area contributed by atoms with Gasteiger partial charge in [0.15, 0.2) is 0 Å². The van der Waals surface area contributed by atoms with Crippen molar-refractivity contribution in [2.75, 3.05) is 20.6 Å². The lowest BCUT2D eigenvalue weighted by atomic mass is 9.75. The summed E-state index contributed by atoms with van der Waals surface area (Å²) in [6, 6.07) is 0.337. The molecule has 0 aromatic carbocycles. The average Bonchev–Trinajstić information content (AvgIpc) is 2.75. The van der Waals surface area contributed by atoms with Crippen molar-refractivity contribution in [1.82, 2.24) is 15.2 Å². The van der Waals surface area contributed by atoms with Crippen LogP contribution in [0.2, 0.25) is 0 Å². The lowest BCUT2D eigenvalue weighted by molar-refractivity contribution is 0.0727. The first-order valence-electron chi connectivity index (χ1n) is 8.19. The van der Waals surface area contributed by atoms with Crippen molar-refractivity contribution in [3.63, 3.8) is 0 Å². The summed E-state index contributed by atoms with van der Waals surface area (Å²) in [5.74, 6) is 0.835. The molecule has 1 aromatic heterocycles. The van der Waals surface area contributed by atoms with E-state index in [0.29, 0.717) is 11.6 Å². The summed E-state index contributed by atoms with van der Waals surface area (Å²) in [5.41, 5.74) is 1.54. The largest absolute Gasteiger partial charge is 0.307 e. The maximum Gasteiger partial charge on any atom is 0.0900 e. The van der Waals surface area contributed by atoms with Gasteiger partial charge >= 0.3 is 0 Å². The van der Waals surface area contributed by atoms with Crippen LogP contribution in [0.5, 0.6) is 0 Å². The highest BCUT2D eigenvalue weighted by Crippen LogP contribution is 2.35. The van der Waals surface area contributed by atoms with E-state index in [1.54, 1.807) is 11.3 Å². The molecule has 3 nitrogen and oxygen atoms in total. The van der Waals surface area contributed by atoms with Gasteiger partial charge in [0.05, 0.1) is 10.7 Å². The summed E-state index contributed by atoms with van der Waals surface area (Å²) in [6.45, 7) is 9.98. The van der Waals surface area contributed by atoms with Crippen LogP contribution in [0.25, 0.3) is 0 Å². The van der Waals surface area contributed by atoms with Crippen LogP contribution in [0, 0.1) is 19.8 Å². The van der Waals surface area contributed by atoms with Gasteiger partial charge in [-0.2, -0.15) is 0 Å². The fourth-order valence-corrected chi connectivity index (χ4v) is 4.66. The second kappa shape index (κ2) is 6.76. The third kappa shape index (κ3) is 3.85. The van der Waals surface area contributed by atoms with Crippen LogP contribution in [0.15, 0.2) is 0 Å². The van der Waals surface area contributed by atoms with Crippen molar-refractivity contribution >= 4 is 11.3 Å². The van der Waals surface area contributed by atoms with Crippen LogP contribution >= 0.6 is 11.3 Å². The Kier molecular flexibility index (Phi) is 5.44. The zero-order chi connectivity index (χ0) is 15.6. The lowest BCUT2D eigenvalue weighted by Crippen LogP contribution is -2.54. The van der Waals surface area contributed by atoms with Crippen molar-refractivity contribution < 1.29 is 0 Å². The molecule has 1 N–H and O–H groups in total. The van der Waals surface area contributed by atoms with E-state index in [-0.39, 0.29) is 0 Å². The SMILES string of the molecule is Cc1nc(C(C)NCC2(N(C)C)CCCC(C)C2)c(C)s1. The number of likely N-dealkylation sites (N-methyl/N-ethyl adjacent to an activating group) is 1. The molecular formula is C17H31N3S. The topological polar surface area (TPSA) is 28.2 Å². The zero-order valence-electron chi connectivity index (χ0n) is 14.5. The molecule has 1 aliphatic rings. The number of hydrogen-bond acceptors (Lipinski definition) is 4. The van der Waals surface area contributed by atoms with Crippen LogP contribution in [-0.2, 0) is 0 Å². The van der Waals surface area contributed by atoms with Gasteiger partial charge in [-0.3, -0.25) is 0 Å². The molecular weight excluding hydrogens is 278 g/mol. The fourth-order valence-electron chi connectivity index (χ4n) is 3.74. The Labute approximate surface area is 134 Å². The van der Waals surface area contributed by atoms with E-state index < -0.39 is 0 Å². The molecule has 0 bridgehead atoms. The molecule has 0 amide bonds. The van der Waals surface area contributed by atoms with E-state index in [0.717, 1.165) is 12.5 Å². The molecule has 0 aliphatic heterocycles. The number of hydrogen-bond donors (Lipinski definition) is 1. The molecule has 120 valence electrons. The minimum atomic E-state index is 0.310. The van der Waals surface area contributed by atoms with Gasteiger partial charge in [0.1, 0.15) is 0 Å². The first-order chi connectivity index (χ1) is 9.84. The highest BCUT2D eigenvalue weighted by molar-refractivity contribution is 7.11. The van der Waals surface area contributed by atoms with E-state index in [1.807, 2.05) is 0 Å². The molecule has 1 aliphatic carbocycles. The Balaban J connectivity index is 2.03. The second-order valence-electron chi connectivity index (χ2n) is 7.10. The third-order valence-corrected chi connectivity index (χ3v) is 6.01. The molecule has 2 rings (SSSR count). The zero-order valence-corrected chi connectivity index (χ0v) is 15.3. The van der Waals surface area contributed by atoms with Crippen LogP contribution < -0.4 is 5.32 Å². The Hall–Kier alpha value is -0.450. The predicted molar refractivity (Wildman–Crippen MR) is 92.1 cm³/mol. The molecule has 0 radical (unpaired) electrons. The predicted octanol–water partition coefficient (Wildman–Crippen LogP) is 3.92. The van der Waals surface area contributed by atoms with Gasteiger partial charge in [0.2, 0.25) is 0 Å². The number of nitrogens with zero attached hydrogens (tertiary/aromatic N) is 2. The van der Waals surface area contributed by atoms with Crippen LogP contribution in [0.3, 0.4) is 0 Å². The van der Waals surface area contributed by atoms with Crippen molar-refractivity contribution in [2.24, 2.45) is 5.92 Å². The smallest absolute Gasteiger partial charge is 0.0900 e. The second-order valence-corrected chi connectivity index (χ2v) is 8.50. The van der Waals surface area contributed by atoms with Crippen LogP contribution in [0.4, 0.5) is 0 Å². The standard InChI is InChI=1S/C17H31N3S/c1-12-8-7-9-17(10-12,20(5)6)11-18-13(2)16-14(3)21-15(4)19-16/h12-13,18H,7-11H2,1-6H3. The van der Waals surface area contributed by atoms with Crippen molar-refractivity contribution in [3.05, 3.63) is 15.6 Å².